The third kappa shape index (κ3) is 7.38. The maximum Gasteiger partial charge on any atom is 0.240 e. The number of unbranched alkanes of at least 4 members (excludes halogenated alkanes) is 4. The minimum atomic E-state index is -2.08. The highest BCUT2D eigenvalue weighted by Gasteiger charge is 2.49. The Morgan fingerprint density at radius 1 is 1.10 bits per heavy atom. The van der Waals surface area contributed by atoms with E-state index in [9.17, 15) is 39.9 Å². The number of carbonyl (C=O) groups excluding carboxylic acids is 3. The second-order valence-corrected chi connectivity index (χ2v) is 13.0. The number of phenols is 2. The first kappa shape index (κ1) is 39.2. The summed E-state index contributed by atoms with van der Waals surface area (Å²) in [6.07, 6.45) is -0.138. The van der Waals surface area contributed by atoms with Crippen molar-refractivity contribution in [3.63, 3.8) is 0 Å². The number of fused-ring (bicyclic) bond motifs is 3. The summed E-state index contributed by atoms with van der Waals surface area (Å²) in [6, 6.07) is 3.68. The molecule has 0 aromatic heterocycles. The number of ketones is 2. The topological polar surface area (TPSA) is 230 Å². The Bertz CT molecular complexity index is 1640. The number of nitrogens with zero attached hydrogens (tertiary/aromatic N) is 1. The summed E-state index contributed by atoms with van der Waals surface area (Å²) in [5, 5.41) is 60.3. The lowest BCUT2D eigenvalue weighted by Crippen LogP contribution is -2.53. The molecule has 2 aliphatic carbocycles. The van der Waals surface area contributed by atoms with Crippen LogP contribution in [0.1, 0.15) is 114 Å². The van der Waals surface area contributed by atoms with E-state index in [1.807, 2.05) is 0 Å². The van der Waals surface area contributed by atoms with Gasteiger partial charge in [0, 0.05) is 48.4 Å². The molecule has 1 fully saturated rings. The second-order valence-electron chi connectivity index (χ2n) is 13.0. The van der Waals surface area contributed by atoms with Crippen LogP contribution in [0.4, 0.5) is 0 Å². The first-order chi connectivity index (χ1) is 23.4. The molecule has 8 N–H and O–H groups in total. The molecule has 15 heteroatoms. The van der Waals surface area contributed by atoms with E-state index in [0.29, 0.717) is 6.42 Å². The molecule has 1 saturated heterocycles. The summed E-state index contributed by atoms with van der Waals surface area (Å²) in [7, 11) is 1.33. The average Bonchev–Trinajstić information content (AvgIpc) is 3.07. The highest BCUT2D eigenvalue weighted by Crippen LogP contribution is 2.52. The summed E-state index contributed by atoms with van der Waals surface area (Å²) in [5.41, 5.74) is 4.93. The number of nitrogens with one attached hydrogen (secondary N) is 1. The van der Waals surface area contributed by atoms with E-state index >= 15 is 0 Å². The van der Waals surface area contributed by atoms with E-state index in [1.54, 1.807) is 6.92 Å². The molecule has 0 saturated carbocycles. The molecule has 6 atom stereocenters. The minimum Gasteiger partial charge on any atom is -0.507 e. The van der Waals surface area contributed by atoms with Gasteiger partial charge in [-0.05, 0) is 19.4 Å². The molecule has 2 aromatic carbocycles. The van der Waals surface area contributed by atoms with Crippen LogP contribution in [0.5, 0.6) is 17.2 Å². The number of benzene rings is 2. The quantitative estimate of drug-likeness (QED) is 0.0620. The van der Waals surface area contributed by atoms with Gasteiger partial charge in [0.25, 0.3) is 0 Å². The van der Waals surface area contributed by atoms with Crippen LogP contribution < -0.4 is 15.9 Å². The summed E-state index contributed by atoms with van der Waals surface area (Å²) in [4.78, 5) is 40.3. The molecule has 1 aliphatic heterocycles. The van der Waals surface area contributed by atoms with Crippen LogP contribution in [0.15, 0.2) is 23.3 Å². The van der Waals surface area contributed by atoms with Crippen LogP contribution in [0.3, 0.4) is 0 Å². The summed E-state index contributed by atoms with van der Waals surface area (Å²) < 4.78 is 17.4. The van der Waals surface area contributed by atoms with Gasteiger partial charge in [-0.3, -0.25) is 14.4 Å². The summed E-state index contributed by atoms with van der Waals surface area (Å²) in [5.74, 6) is -3.14. The number of methoxy groups -OCH3 is 1. The Hall–Kier alpha value is -3.63. The van der Waals surface area contributed by atoms with Gasteiger partial charge in [0.2, 0.25) is 11.7 Å². The standard InChI is InChI=1S/C35H45N3O11.ClH/c1-4-5-6-7-8-12-24(40)38-37-23(16-39)35(46)14-19-27(22(15-35)49-25-13-20(36)30(41)17(2)48-25)34(45)29-28(32(19)43)31(42)18-10-9-11-21(47-3)26(18)33(29)44;/h9-11,17,20,22,25,30,39,41,43,45-46H,4-8,12-16,36H2,1-3H3,(H,38,40);1H/b37-23+;/t17?,20?,22-,25?,30?,35-;/m0./s1. The van der Waals surface area contributed by atoms with Crippen molar-refractivity contribution < 1.29 is 54.1 Å². The van der Waals surface area contributed by atoms with Gasteiger partial charge < -0.3 is 45.5 Å². The average molecular weight is 720 g/mol. The van der Waals surface area contributed by atoms with E-state index in [0.717, 1.165) is 25.7 Å². The van der Waals surface area contributed by atoms with Gasteiger partial charge in [0.1, 0.15) is 22.8 Å². The normalized spacial score (nSPS) is 26.0. The van der Waals surface area contributed by atoms with Gasteiger partial charge >= 0.3 is 0 Å². The van der Waals surface area contributed by atoms with E-state index in [4.69, 9.17) is 19.9 Å². The van der Waals surface area contributed by atoms with Gasteiger partial charge in [-0.25, -0.2) is 5.43 Å². The zero-order valence-electron chi connectivity index (χ0n) is 28.3. The Morgan fingerprint density at radius 2 is 1.80 bits per heavy atom. The Morgan fingerprint density at radius 3 is 2.46 bits per heavy atom. The lowest BCUT2D eigenvalue weighted by atomic mass is 9.71. The van der Waals surface area contributed by atoms with Gasteiger partial charge in [0.15, 0.2) is 12.1 Å². The van der Waals surface area contributed by atoms with E-state index in [2.05, 4.69) is 17.5 Å². The van der Waals surface area contributed by atoms with Crippen molar-refractivity contribution in [2.75, 3.05) is 13.7 Å². The fourth-order valence-corrected chi connectivity index (χ4v) is 6.97. The molecule has 3 aliphatic rings. The van der Waals surface area contributed by atoms with Gasteiger partial charge in [-0.2, -0.15) is 5.10 Å². The first-order valence-corrected chi connectivity index (χ1v) is 16.7. The number of carbonyl (C=O) groups is 3. The third-order valence-corrected chi connectivity index (χ3v) is 9.65. The summed E-state index contributed by atoms with van der Waals surface area (Å²) >= 11 is 0. The Balaban J connectivity index is 0.00000562. The van der Waals surface area contributed by atoms with Gasteiger partial charge in [0.05, 0.1) is 54.4 Å². The molecule has 0 radical (unpaired) electrons. The highest BCUT2D eigenvalue weighted by atomic mass is 35.5. The summed E-state index contributed by atoms with van der Waals surface area (Å²) in [6.45, 7) is 2.89. The predicted molar refractivity (Wildman–Crippen MR) is 183 cm³/mol. The number of hydrogen-bond donors (Lipinski definition) is 7. The number of hydrazone groups is 1. The zero-order chi connectivity index (χ0) is 35.6. The van der Waals surface area contributed by atoms with Crippen molar-refractivity contribution in [3.05, 3.63) is 51.6 Å². The number of rotatable bonds is 12. The highest BCUT2D eigenvalue weighted by molar-refractivity contribution is 6.31. The third-order valence-electron chi connectivity index (χ3n) is 9.65. The maximum absolute atomic E-state index is 13.9. The fraction of sp³-hybridized carbons (Fsp3) is 0.543. The fourth-order valence-electron chi connectivity index (χ4n) is 6.97. The van der Waals surface area contributed by atoms with Crippen molar-refractivity contribution in [2.24, 2.45) is 10.8 Å². The number of aliphatic hydroxyl groups excluding tert-OH is 2. The SMILES string of the molecule is CCCCCCCC(=O)N/N=C(\CO)[C@]1(O)Cc2c(O)c3c(c(O)c2[C@@H](OC2CC(N)C(O)C(C)O2)C1)C(=O)c1c(OC)cccc1C3=O.Cl. The zero-order valence-corrected chi connectivity index (χ0v) is 29.1. The second kappa shape index (κ2) is 16.1. The smallest absolute Gasteiger partial charge is 0.240 e. The number of amides is 1. The van der Waals surface area contributed by atoms with E-state index in [-0.39, 0.29) is 65.4 Å². The number of nitrogens with two attached hydrogens (primary N) is 1. The monoisotopic (exact) mass is 719 g/mol. The Kier molecular flexibility index (Phi) is 12.6. The van der Waals surface area contributed by atoms with Crippen LogP contribution in [0.2, 0.25) is 0 Å². The van der Waals surface area contributed by atoms with Crippen molar-refractivity contribution in [3.8, 4) is 17.2 Å². The van der Waals surface area contributed by atoms with Crippen molar-refractivity contribution in [2.45, 2.75) is 108 Å². The lowest BCUT2D eigenvalue weighted by molar-refractivity contribution is -0.245. The van der Waals surface area contributed by atoms with E-state index in [1.165, 1.54) is 25.3 Å². The largest absolute Gasteiger partial charge is 0.507 e. The van der Waals surface area contributed by atoms with Gasteiger partial charge in [-0.1, -0.05) is 44.7 Å². The Labute approximate surface area is 296 Å². The number of halogens is 1. The maximum atomic E-state index is 13.9. The number of phenolic OH excluding ortho intramolecular Hbond substituents is 2. The lowest BCUT2D eigenvalue weighted by Gasteiger charge is -2.43. The molecular weight excluding hydrogens is 674 g/mol. The van der Waals surface area contributed by atoms with Crippen LogP contribution in [0.25, 0.3) is 0 Å². The van der Waals surface area contributed by atoms with Crippen LogP contribution >= 0.6 is 12.4 Å². The number of ether oxygens (including phenoxy) is 3. The van der Waals surface area contributed by atoms with Crippen molar-refractivity contribution >= 4 is 35.6 Å². The number of aromatic hydroxyl groups is 2. The molecule has 14 nitrogen and oxygen atoms in total. The number of hydrogen-bond acceptors (Lipinski definition) is 13. The van der Waals surface area contributed by atoms with Crippen LogP contribution in [-0.2, 0) is 20.7 Å². The first-order valence-electron chi connectivity index (χ1n) is 16.7. The molecule has 1 amide bonds. The molecule has 1 heterocycles. The van der Waals surface area contributed by atoms with Crippen molar-refractivity contribution in [1.29, 1.82) is 0 Å². The molecule has 5 rings (SSSR count). The molecule has 274 valence electrons. The van der Waals surface area contributed by atoms with Gasteiger partial charge in [-0.15, -0.1) is 12.4 Å². The molecule has 0 bridgehead atoms. The molecule has 2 aromatic rings. The minimum absolute atomic E-state index is 0. The van der Waals surface area contributed by atoms with Crippen molar-refractivity contribution in [1.82, 2.24) is 5.43 Å². The van der Waals surface area contributed by atoms with Crippen LogP contribution in [-0.4, -0.2) is 92.6 Å². The molecule has 50 heavy (non-hydrogen) atoms. The predicted octanol–water partition coefficient (Wildman–Crippen LogP) is 2.69. The van der Waals surface area contributed by atoms with Crippen LogP contribution in [0, 0.1) is 0 Å². The molecular formula is C35H46ClN3O11. The van der Waals surface area contributed by atoms with E-state index < -0.39 is 89.4 Å². The molecule has 0 spiro atoms. The number of aliphatic hydroxyl groups is 3. The molecule has 4 unspecified atom stereocenters.